The van der Waals surface area contributed by atoms with Gasteiger partial charge in [-0.2, -0.15) is 0 Å². The van der Waals surface area contributed by atoms with Gasteiger partial charge >= 0.3 is 0 Å². The Kier molecular flexibility index (Phi) is 8.19. The van der Waals surface area contributed by atoms with E-state index in [0.717, 1.165) is 48.1 Å². The fourth-order valence-electron chi connectivity index (χ4n) is 3.51. The standard InChI is InChI=1S/C26H31NO4/c1-27(15-14-20-10-12-23(28-2)25(16-20)30-4)18-22-11-13-24(29-3)26(17-22)31-19-21-8-6-5-7-9-21/h5-13,16-17H,14-15,18-19H2,1-4H3/p+1. The minimum absolute atomic E-state index is 0.517. The number of hydrogen-bond acceptors (Lipinski definition) is 4. The Morgan fingerprint density at radius 1 is 0.645 bits per heavy atom. The molecule has 3 aromatic rings. The van der Waals surface area contributed by atoms with Gasteiger partial charge < -0.3 is 23.8 Å². The molecule has 3 rings (SSSR count). The molecule has 0 aromatic heterocycles. The second kappa shape index (κ2) is 11.3. The lowest BCUT2D eigenvalue weighted by Crippen LogP contribution is -3.07. The summed E-state index contributed by atoms with van der Waals surface area (Å²) in [7, 11) is 7.20. The molecule has 0 aliphatic heterocycles. The third kappa shape index (κ3) is 6.40. The summed E-state index contributed by atoms with van der Waals surface area (Å²) in [5.74, 6) is 3.06. The fourth-order valence-corrected chi connectivity index (χ4v) is 3.51. The van der Waals surface area contributed by atoms with Gasteiger partial charge in [-0.15, -0.1) is 0 Å². The van der Waals surface area contributed by atoms with E-state index >= 15 is 0 Å². The molecule has 5 nitrogen and oxygen atoms in total. The van der Waals surface area contributed by atoms with Gasteiger partial charge in [0.1, 0.15) is 13.2 Å². The quantitative estimate of drug-likeness (QED) is 0.513. The van der Waals surface area contributed by atoms with E-state index in [1.54, 1.807) is 21.3 Å². The summed E-state index contributed by atoms with van der Waals surface area (Å²) in [6.45, 7) is 2.42. The second-order valence-corrected chi connectivity index (χ2v) is 7.58. The first-order valence-electron chi connectivity index (χ1n) is 10.5. The van der Waals surface area contributed by atoms with Crippen LogP contribution in [-0.2, 0) is 19.6 Å². The van der Waals surface area contributed by atoms with E-state index in [2.05, 4.69) is 43.4 Å². The summed E-state index contributed by atoms with van der Waals surface area (Å²) in [6.07, 6.45) is 0.958. The number of hydrogen-bond donors (Lipinski definition) is 1. The van der Waals surface area contributed by atoms with Gasteiger partial charge in [0, 0.05) is 12.0 Å². The zero-order valence-electron chi connectivity index (χ0n) is 18.8. The molecular formula is C26H32NO4+. The topological polar surface area (TPSA) is 41.4 Å². The molecule has 0 amide bonds. The van der Waals surface area contributed by atoms with Crippen molar-refractivity contribution in [2.24, 2.45) is 0 Å². The first-order valence-corrected chi connectivity index (χ1v) is 10.5. The van der Waals surface area contributed by atoms with E-state index < -0.39 is 0 Å². The van der Waals surface area contributed by atoms with Crippen molar-refractivity contribution in [3.05, 3.63) is 83.4 Å². The molecule has 3 aromatic carbocycles. The molecule has 0 aliphatic carbocycles. The number of benzene rings is 3. The largest absolute Gasteiger partial charge is 0.493 e. The van der Waals surface area contributed by atoms with Crippen molar-refractivity contribution in [2.75, 3.05) is 34.9 Å². The van der Waals surface area contributed by atoms with Crippen molar-refractivity contribution in [3.8, 4) is 23.0 Å². The highest BCUT2D eigenvalue weighted by Gasteiger charge is 2.11. The van der Waals surface area contributed by atoms with Gasteiger partial charge in [0.2, 0.25) is 0 Å². The highest BCUT2D eigenvalue weighted by molar-refractivity contribution is 5.43. The van der Waals surface area contributed by atoms with E-state index in [4.69, 9.17) is 18.9 Å². The highest BCUT2D eigenvalue weighted by atomic mass is 16.5. The molecule has 1 N–H and O–H groups in total. The first kappa shape index (κ1) is 22.5. The Morgan fingerprint density at radius 3 is 1.94 bits per heavy atom. The molecule has 0 fully saturated rings. The minimum Gasteiger partial charge on any atom is -0.493 e. The molecule has 0 saturated carbocycles. The maximum Gasteiger partial charge on any atom is 0.162 e. The molecule has 0 heterocycles. The molecule has 164 valence electrons. The Bertz CT molecular complexity index is 959. The van der Waals surface area contributed by atoms with Gasteiger partial charge in [-0.05, 0) is 41.5 Å². The monoisotopic (exact) mass is 422 g/mol. The third-order valence-corrected chi connectivity index (χ3v) is 5.26. The lowest BCUT2D eigenvalue weighted by atomic mass is 10.1. The average molecular weight is 423 g/mol. The smallest absolute Gasteiger partial charge is 0.162 e. The third-order valence-electron chi connectivity index (χ3n) is 5.26. The van der Waals surface area contributed by atoms with Gasteiger partial charge in [-0.1, -0.05) is 36.4 Å². The fraction of sp³-hybridized carbons (Fsp3) is 0.308. The van der Waals surface area contributed by atoms with Gasteiger partial charge in [0.15, 0.2) is 23.0 Å². The number of rotatable bonds is 11. The average Bonchev–Trinajstić information content (AvgIpc) is 2.82. The van der Waals surface area contributed by atoms with Crippen LogP contribution in [0, 0.1) is 0 Å². The number of likely N-dealkylation sites (N-methyl/N-ethyl adjacent to an activating group) is 1. The van der Waals surface area contributed by atoms with Gasteiger partial charge in [-0.3, -0.25) is 0 Å². The van der Waals surface area contributed by atoms with Crippen LogP contribution in [0.25, 0.3) is 0 Å². The number of ether oxygens (including phenoxy) is 4. The maximum atomic E-state index is 6.05. The normalized spacial score (nSPS) is 11.6. The van der Waals surface area contributed by atoms with E-state index in [0.29, 0.717) is 6.61 Å². The van der Waals surface area contributed by atoms with E-state index in [1.165, 1.54) is 16.0 Å². The molecule has 0 aliphatic rings. The van der Waals surface area contributed by atoms with Crippen molar-refractivity contribution in [3.63, 3.8) is 0 Å². The van der Waals surface area contributed by atoms with Crippen molar-refractivity contribution < 1.29 is 23.8 Å². The lowest BCUT2D eigenvalue weighted by Gasteiger charge is -2.17. The van der Waals surface area contributed by atoms with Crippen LogP contribution in [-0.4, -0.2) is 34.9 Å². The molecule has 1 atom stereocenters. The summed E-state index contributed by atoms with van der Waals surface area (Å²) in [4.78, 5) is 1.41. The molecule has 0 spiro atoms. The SMILES string of the molecule is COc1ccc(CC[NH+](C)Cc2ccc(OC)c(OCc3ccccc3)c2)cc1OC. The van der Waals surface area contributed by atoms with Crippen molar-refractivity contribution >= 4 is 0 Å². The van der Waals surface area contributed by atoms with E-state index in [1.807, 2.05) is 30.3 Å². The van der Waals surface area contributed by atoms with Crippen LogP contribution in [0.5, 0.6) is 23.0 Å². The molecule has 5 heteroatoms. The van der Waals surface area contributed by atoms with Crippen molar-refractivity contribution in [1.29, 1.82) is 0 Å². The minimum atomic E-state index is 0.517. The Morgan fingerprint density at radius 2 is 1.26 bits per heavy atom. The van der Waals surface area contributed by atoms with Gasteiger partial charge in [0.25, 0.3) is 0 Å². The Labute approximate surface area is 185 Å². The number of methoxy groups -OCH3 is 3. The van der Waals surface area contributed by atoms with Crippen LogP contribution in [0.1, 0.15) is 16.7 Å². The molecular weight excluding hydrogens is 390 g/mol. The highest BCUT2D eigenvalue weighted by Crippen LogP contribution is 2.29. The Hall–Kier alpha value is -3.18. The van der Waals surface area contributed by atoms with Gasteiger partial charge in [0.05, 0.1) is 34.9 Å². The van der Waals surface area contributed by atoms with Crippen LogP contribution >= 0.6 is 0 Å². The van der Waals surface area contributed by atoms with Crippen LogP contribution in [0.2, 0.25) is 0 Å². The molecule has 1 unspecified atom stereocenters. The van der Waals surface area contributed by atoms with E-state index in [9.17, 15) is 0 Å². The second-order valence-electron chi connectivity index (χ2n) is 7.58. The molecule has 0 bridgehead atoms. The van der Waals surface area contributed by atoms with Crippen molar-refractivity contribution in [2.45, 2.75) is 19.6 Å². The summed E-state index contributed by atoms with van der Waals surface area (Å²) in [6, 6.07) is 22.4. The summed E-state index contributed by atoms with van der Waals surface area (Å²) in [5.41, 5.74) is 3.58. The zero-order valence-corrected chi connectivity index (χ0v) is 18.8. The lowest BCUT2D eigenvalue weighted by molar-refractivity contribution is -0.893. The first-order chi connectivity index (χ1) is 15.1. The predicted molar refractivity (Wildman–Crippen MR) is 122 cm³/mol. The predicted octanol–water partition coefficient (Wildman–Crippen LogP) is 3.55. The molecule has 0 radical (unpaired) electrons. The van der Waals surface area contributed by atoms with Crippen LogP contribution in [0.3, 0.4) is 0 Å². The van der Waals surface area contributed by atoms with Crippen LogP contribution < -0.4 is 23.8 Å². The summed E-state index contributed by atoms with van der Waals surface area (Å²) >= 11 is 0. The summed E-state index contributed by atoms with van der Waals surface area (Å²) < 4.78 is 22.3. The maximum absolute atomic E-state index is 6.05. The van der Waals surface area contributed by atoms with Crippen LogP contribution in [0.15, 0.2) is 66.7 Å². The number of nitrogens with one attached hydrogen (secondary N) is 1. The molecule has 31 heavy (non-hydrogen) atoms. The van der Waals surface area contributed by atoms with E-state index in [-0.39, 0.29) is 0 Å². The summed E-state index contributed by atoms with van der Waals surface area (Å²) in [5, 5.41) is 0. The zero-order chi connectivity index (χ0) is 22.1. The number of quaternary nitrogens is 1. The molecule has 0 saturated heterocycles. The van der Waals surface area contributed by atoms with Crippen molar-refractivity contribution in [1.82, 2.24) is 0 Å². The Balaban J connectivity index is 1.59. The van der Waals surface area contributed by atoms with Crippen LogP contribution in [0.4, 0.5) is 0 Å². The van der Waals surface area contributed by atoms with Gasteiger partial charge in [-0.25, -0.2) is 0 Å².